The van der Waals surface area contributed by atoms with Gasteiger partial charge >= 0.3 is 0 Å². The second-order valence-electron chi connectivity index (χ2n) is 6.08. The summed E-state index contributed by atoms with van der Waals surface area (Å²) in [6.45, 7) is 1.91. The van der Waals surface area contributed by atoms with E-state index in [-0.39, 0.29) is 17.9 Å². The maximum absolute atomic E-state index is 12.6. The molecule has 2 aliphatic rings. The van der Waals surface area contributed by atoms with Gasteiger partial charge in [0.15, 0.2) is 0 Å². The zero-order valence-corrected chi connectivity index (χ0v) is 11.8. The number of benzene rings is 1. The molecule has 1 saturated carbocycles. The second kappa shape index (κ2) is 4.70. The summed E-state index contributed by atoms with van der Waals surface area (Å²) in [4.78, 5) is 26.3. The molecule has 0 radical (unpaired) electrons. The molecule has 4 heteroatoms. The number of nitrogens with zero attached hydrogens (tertiary/aromatic N) is 1. The number of imide groups is 1. The molecule has 1 aliphatic heterocycles. The third kappa shape index (κ3) is 1.95. The topological polar surface area (TPSA) is 63.4 Å². The van der Waals surface area contributed by atoms with Gasteiger partial charge in [-0.15, -0.1) is 0 Å². The molecule has 1 atom stereocenters. The molecular formula is C16H20N2O2. The highest BCUT2D eigenvalue weighted by Gasteiger charge is 2.52. The molecule has 3 rings (SSSR count). The number of hydrogen-bond acceptors (Lipinski definition) is 3. The van der Waals surface area contributed by atoms with E-state index in [1.165, 1.54) is 4.90 Å². The minimum atomic E-state index is -0.406. The summed E-state index contributed by atoms with van der Waals surface area (Å²) in [6, 6.07) is 7.38. The molecule has 2 N–H and O–H groups in total. The summed E-state index contributed by atoms with van der Waals surface area (Å²) in [5, 5.41) is 0. The lowest BCUT2D eigenvalue weighted by molar-refractivity contribution is -0.125. The molecule has 106 valence electrons. The summed E-state index contributed by atoms with van der Waals surface area (Å²) in [7, 11) is 0. The van der Waals surface area contributed by atoms with E-state index in [1.807, 2.05) is 31.2 Å². The standard InChI is InChI=1S/C16H20N2O2/c1-11(17)12-4-6-13(7-5-12)18-14(19)10-16(15(18)20)8-2-3-9-16/h4-7,11H,2-3,8-10,17H2,1H3. The van der Waals surface area contributed by atoms with Gasteiger partial charge in [0, 0.05) is 12.5 Å². The predicted molar refractivity (Wildman–Crippen MR) is 77.1 cm³/mol. The minimum Gasteiger partial charge on any atom is -0.324 e. The monoisotopic (exact) mass is 272 g/mol. The van der Waals surface area contributed by atoms with Gasteiger partial charge in [0.2, 0.25) is 11.8 Å². The van der Waals surface area contributed by atoms with E-state index in [4.69, 9.17) is 5.73 Å². The molecule has 1 heterocycles. The van der Waals surface area contributed by atoms with Crippen molar-refractivity contribution in [2.24, 2.45) is 11.1 Å². The predicted octanol–water partition coefficient (Wildman–Crippen LogP) is 2.53. The highest BCUT2D eigenvalue weighted by Crippen LogP contribution is 2.47. The van der Waals surface area contributed by atoms with Crippen molar-refractivity contribution in [3.05, 3.63) is 29.8 Å². The van der Waals surface area contributed by atoms with Crippen molar-refractivity contribution in [1.29, 1.82) is 0 Å². The quantitative estimate of drug-likeness (QED) is 0.841. The molecule has 1 saturated heterocycles. The number of nitrogens with two attached hydrogens (primary N) is 1. The first-order chi connectivity index (χ1) is 9.53. The normalized spacial score (nSPS) is 22.8. The summed E-state index contributed by atoms with van der Waals surface area (Å²) in [5.41, 5.74) is 7.09. The van der Waals surface area contributed by atoms with E-state index in [0.29, 0.717) is 12.1 Å². The maximum atomic E-state index is 12.6. The summed E-state index contributed by atoms with van der Waals surface area (Å²) < 4.78 is 0. The second-order valence-corrected chi connectivity index (χ2v) is 6.08. The van der Waals surface area contributed by atoms with Gasteiger partial charge in [-0.25, -0.2) is 0 Å². The van der Waals surface area contributed by atoms with E-state index in [9.17, 15) is 9.59 Å². The molecule has 0 bridgehead atoms. The van der Waals surface area contributed by atoms with Gasteiger partial charge in [-0.2, -0.15) is 0 Å². The molecule has 0 aromatic heterocycles. The molecule has 4 nitrogen and oxygen atoms in total. The molecule has 1 aromatic carbocycles. The van der Waals surface area contributed by atoms with E-state index in [0.717, 1.165) is 31.2 Å². The van der Waals surface area contributed by atoms with Crippen LogP contribution in [0.4, 0.5) is 5.69 Å². The van der Waals surface area contributed by atoms with Crippen molar-refractivity contribution in [2.45, 2.75) is 45.1 Å². The van der Waals surface area contributed by atoms with Crippen molar-refractivity contribution >= 4 is 17.5 Å². The number of carbonyl (C=O) groups excluding carboxylic acids is 2. The summed E-state index contributed by atoms with van der Waals surface area (Å²) >= 11 is 0. The van der Waals surface area contributed by atoms with Crippen LogP contribution in [-0.2, 0) is 9.59 Å². The average Bonchev–Trinajstić information content (AvgIpc) is 2.97. The van der Waals surface area contributed by atoms with E-state index in [2.05, 4.69) is 0 Å². The number of carbonyl (C=O) groups is 2. The fourth-order valence-corrected chi connectivity index (χ4v) is 3.43. The Morgan fingerprint density at radius 3 is 2.30 bits per heavy atom. The van der Waals surface area contributed by atoms with Gasteiger partial charge < -0.3 is 5.73 Å². The Balaban J connectivity index is 1.90. The van der Waals surface area contributed by atoms with Crippen LogP contribution < -0.4 is 10.6 Å². The fourth-order valence-electron chi connectivity index (χ4n) is 3.43. The Kier molecular flexibility index (Phi) is 3.13. The first-order valence-corrected chi connectivity index (χ1v) is 7.26. The van der Waals surface area contributed by atoms with Gasteiger partial charge in [0.25, 0.3) is 0 Å². The van der Waals surface area contributed by atoms with E-state index in [1.54, 1.807) is 0 Å². The molecular weight excluding hydrogens is 252 g/mol. The minimum absolute atomic E-state index is 0.00598. The van der Waals surface area contributed by atoms with Crippen LogP contribution in [0.15, 0.2) is 24.3 Å². The van der Waals surface area contributed by atoms with Crippen LogP contribution in [-0.4, -0.2) is 11.8 Å². The molecule has 1 aromatic rings. The highest BCUT2D eigenvalue weighted by molar-refractivity contribution is 6.22. The molecule has 20 heavy (non-hydrogen) atoms. The van der Waals surface area contributed by atoms with Crippen LogP contribution in [0.1, 0.15) is 50.6 Å². The summed E-state index contributed by atoms with van der Waals surface area (Å²) in [6.07, 6.45) is 4.19. The number of hydrogen-bond donors (Lipinski definition) is 1. The first-order valence-electron chi connectivity index (χ1n) is 7.26. The Morgan fingerprint density at radius 2 is 1.75 bits per heavy atom. The molecule has 1 spiro atoms. The van der Waals surface area contributed by atoms with E-state index < -0.39 is 5.41 Å². The Hall–Kier alpha value is -1.68. The molecule has 2 amide bonds. The van der Waals surface area contributed by atoms with Crippen LogP contribution >= 0.6 is 0 Å². The largest absolute Gasteiger partial charge is 0.324 e. The third-order valence-electron chi connectivity index (χ3n) is 4.63. The lowest BCUT2D eigenvalue weighted by Gasteiger charge is -2.21. The smallest absolute Gasteiger partial charge is 0.240 e. The molecule has 2 fully saturated rings. The number of amides is 2. The van der Waals surface area contributed by atoms with Crippen molar-refractivity contribution in [2.75, 3.05) is 4.90 Å². The third-order valence-corrected chi connectivity index (χ3v) is 4.63. The van der Waals surface area contributed by atoms with Crippen molar-refractivity contribution < 1.29 is 9.59 Å². The Labute approximate surface area is 118 Å². The Morgan fingerprint density at radius 1 is 1.15 bits per heavy atom. The fraction of sp³-hybridized carbons (Fsp3) is 0.500. The van der Waals surface area contributed by atoms with Crippen molar-refractivity contribution in [3.8, 4) is 0 Å². The van der Waals surface area contributed by atoms with Gasteiger partial charge in [0.05, 0.1) is 11.1 Å². The maximum Gasteiger partial charge on any atom is 0.240 e. The molecule has 1 aliphatic carbocycles. The Bertz CT molecular complexity index is 542. The van der Waals surface area contributed by atoms with Crippen LogP contribution in [0.3, 0.4) is 0 Å². The van der Waals surface area contributed by atoms with Crippen molar-refractivity contribution in [1.82, 2.24) is 0 Å². The number of anilines is 1. The van der Waals surface area contributed by atoms with Crippen LogP contribution in [0.2, 0.25) is 0 Å². The lowest BCUT2D eigenvalue weighted by Crippen LogP contribution is -2.34. The van der Waals surface area contributed by atoms with Crippen LogP contribution in [0.5, 0.6) is 0 Å². The highest BCUT2D eigenvalue weighted by atomic mass is 16.2. The summed E-state index contributed by atoms with van der Waals surface area (Å²) in [5.74, 6) is -0.0704. The molecule has 1 unspecified atom stereocenters. The van der Waals surface area contributed by atoms with Gasteiger partial charge in [-0.3, -0.25) is 14.5 Å². The van der Waals surface area contributed by atoms with Gasteiger partial charge in [0.1, 0.15) is 0 Å². The SMILES string of the molecule is CC(N)c1ccc(N2C(=O)CC3(CCCC3)C2=O)cc1. The zero-order chi connectivity index (χ0) is 14.3. The average molecular weight is 272 g/mol. The lowest BCUT2D eigenvalue weighted by atomic mass is 9.84. The zero-order valence-electron chi connectivity index (χ0n) is 11.8. The van der Waals surface area contributed by atoms with E-state index >= 15 is 0 Å². The van der Waals surface area contributed by atoms with Gasteiger partial charge in [-0.1, -0.05) is 25.0 Å². The van der Waals surface area contributed by atoms with Crippen LogP contribution in [0, 0.1) is 5.41 Å². The van der Waals surface area contributed by atoms with Gasteiger partial charge in [-0.05, 0) is 37.5 Å². The number of rotatable bonds is 2. The van der Waals surface area contributed by atoms with Crippen LogP contribution in [0.25, 0.3) is 0 Å². The first kappa shape index (κ1) is 13.3. The van der Waals surface area contributed by atoms with Crippen molar-refractivity contribution in [3.63, 3.8) is 0 Å².